The van der Waals surface area contributed by atoms with Gasteiger partial charge in [0.1, 0.15) is 17.6 Å². The van der Waals surface area contributed by atoms with E-state index in [1.165, 1.54) is 7.11 Å². The van der Waals surface area contributed by atoms with Crippen LogP contribution >= 0.6 is 43.5 Å². The number of hydrogen-bond acceptors (Lipinski definition) is 3. The van der Waals surface area contributed by atoms with E-state index in [-0.39, 0.29) is 0 Å². The number of methoxy groups -OCH3 is 1. The van der Waals surface area contributed by atoms with E-state index in [4.69, 9.17) is 20.8 Å². The Bertz CT molecular complexity index is 549. The zero-order valence-electron chi connectivity index (χ0n) is 9.28. The van der Waals surface area contributed by atoms with Crippen molar-refractivity contribution in [1.29, 1.82) is 0 Å². The second kappa shape index (κ2) is 5.65. The molecule has 1 N–H and O–H groups in total. The molecule has 2 rings (SSSR count). The molecule has 1 unspecified atom stereocenters. The van der Waals surface area contributed by atoms with Crippen molar-refractivity contribution < 1.29 is 14.3 Å². The first-order valence-corrected chi connectivity index (χ1v) is 6.95. The summed E-state index contributed by atoms with van der Waals surface area (Å²) in [6, 6.07) is 6.78. The second-order valence-corrected chi connectivity index (χ2v) is 5.55. The number of aliphatic hydroxyl groups is 1. The van der Waals surface area contributed by atoms with Crippen molar-refractivity contribution in [2.75, 3.05) is 7.11 Å². The summed E-state index contributed by atoms with van der Waals surface area (Å²) >= 11 is 12.5. The van der Waals surface area contributed by atoms with Gasteiger partial charge in [-0.1, -0.05) is 17.7 Å². The third-order valence-electron chi connectivity index (χ3n) is 2.42. The monoisotopic (exact) mass is 394 g/mol. The van der Waals surface area contributed by atoms with Crippen LogP contribution < -0.4 is 4.74 Å². The lowest BCUT2D eigenvalue weighted by Gasteiger charge is -2.10. The minimum atomic E-state index is -0.876. The summed E-state index contributed by atoms with van der Waals surface area (Å²) in [5.74, 6) is 0.941. The third kappa shape index (κ3) is 2.74. The van der Waals surface area contributed by atoms with E-state index in [1.54, 1.807) is 24.3 Å². The van der Waals surface area contributed by atoms with Gasteiger partial charge in [0.2, 0.25) is 0 Å². The molecule has 0 saturated heterocycles. The van der Waals surface area contributed by atoms with Crippen molar-refractivity contribution >= 4 is 43.5 Å². The molecule has 0 aliphatic rings. The van der Waals surface area contributed by atoms with Gasteiger partial charge in [-0.2, -0.15) is 0 Å². The van der Waals surface area contributed by atoms with E-state index >= 15 is 0 Å². The molecule has 3 nitrogen and oxygen atoms in total. The molecule has 0 aliphatic heterocycles. The maximum Gasteiger partial charge on any atom is 0.183 e. The van der Waals surface area contributed by atoms with Crippen molar-refractivity contribution in [2.24, 2.45) is 0 Å². The molecule has 1 heterocycles. The van der Waals surface area contributed by atoms with Crippen LogP contribution in [-0.2, 0) is 0 Å². The molecular formula is C12H9Br2ClO3. The van der Waals surface area contributed by atoms with Gasteiger partial charge >= 0.3 is 0 Å². The molecule has 1 atom stereocenters. The lowest BCUT2D eigenvalue weighted by atomic mass is 10.1. The number of halogens is 3. The van der Waals surface area contributed by atoms with Gasteiger partial charge in [0.15, 0.2) is 4.67 Å². The average molecular weight is 396 g/mol. The quantitative estimate of drug-likeness (QED) is 0.828. The minimum absolute atomic E-state index is 0.429. The second-order valence-electron chi connectivity index (χ2n) is 3.57. The lowest BCUT2D eigenvalue weighted by molar-refractivity contribution is 0.187. The van der Waals surface area contributed by atoms with E-state index < -0.39 is 6.10 Å². The van der Waals surface area contributed by atoms with Gasteiger partial charge in [-0.15, -0.1) is 0 Å². The number of ether oxygens (including phenoxy) is 1. The largest absolute Gasteiger partial charge is 0.495 e. The predicted octanol–water partition coefficient (Wildman–Crippen LogP) is 4.55. The fourth-order valence-electron chi connectivity index (χ4n) is 1.51. The molecule has 0 bridgehead atoms. The summed E-state index contributed by atoms with van der Waals surface area (Å²) in [5, 5.41) is 10.7. The highest BCUT2D eigenvalue weighted by atomic mass is 79.9. The van der Waals surface area contributed by atoms with Crippen molar-refractivity contribution in [2.45, 2.75) is 6.10 Å². The zero-order chi connectivity index (χ0) is 13.3. The molecule has 18 heavy (non-hydrogen) atoms. The van der Waals surface area contributed by atoms with E-state index in [1.807, 2.05) is 0 Å². The van der Waals surface area contributed by atoms with Crippen molar-refractivity contribution in [3.8, 4) is 5.75 Å². The van der Waals surface area contributed by atoms with E-state index in [0.29, 0.717) is 26.8 Å². The molecule has 1 aromatic heterocycles. The molecule has 0 fully saturated rings. The highest BCUT2D eigenvalue weighted by molar-refractivity contribution is 9.13. The Morgan fingerprint density at radius 3 is 2.61 bits per heavy atom. The molecule has 0 saturated carbocycles. The molecule has 0 aliphatic carbocycles. The number of rotatable bonds is 3. The minimum Gasteiger partial charge on any atom is -0.495 e. The van der Waals surface area contributed by atoms with Gasteiger partial charge in [-0.05, 0) is 55.6 Å². The van der Waals surface area contributed by atoms with Crippen molar-refractivity contribution in [3.05, 3.63) is 49.8 Å². The molecule has 2 aromatic rings. The van der Waals surface area contributed by atoms with Gasteiger partial charge in [0, 0.05) is 0 Å². The Morgan fingerprint density at radius 1 is 1.33 bits per heavy atom. The van der Waals surface area contributed by atoms with Crippen LogP contribution in [0.25, 0.3) is 0 Å². The Morgan fingerprint density at radius 2 is 2.06 bits per heavy atom. The SMILES string of the molecule is COc1cc(C(O)c2cc(Br)c(Br)o2)ccc1Cl. The van der Waals surface area contributed by atoms with E-state index in [2.05, 4.69) is 31.9 Å². The van der Waals surface area contributed by atoms with Crippen LogP contribution in [0, 0.1) is 0 Å². The summed E-state index contributed by atoms with van der Waals surface area (Å²) < 4.78 is 11.8. The normalized spacial score (nSPS) is 12.5. The van der Waals surface area contributed by atoms with Crippen LogP contribution in [0.15, 0.2) is 37.8 Å². The molecular weight excluding hydrogens is 387 g/mol. The molecule has 1 aromatic carbocycles. The van der Waals surface area contributed by atoms with Crippen LogP contribution in [0.2, 0.25) is 5.02 Å². The van der Waals surface area contributed by atoms with Crippen molar-refractivity contribution in [1.82, 2.24) is 0 Å². The number of benzene rings is 1. The first-order chi connectivity index (χ1) is 8.52. The third-order valence-corrected chi connectivity index (χ3v) is 4.45. The summed E-state index contributed by atoms with van der Waals surface area (Å²) in [4.78, 5) is 0. The Hall–Kier alpha value is -0.490. The number of furan rings is 1. The smallest absolute Gasteiger partial charge is 0.183 e. The average Bonchev–Trinajstić information content (AvgIpc) is 2.69. The number of hydrogen-bond donors (Lipinski definition) is 1. The first-order valence-electron chi connectivity index (χ1n) is 4.99. The van der Waals surface area contributed by atoms with Crippen LogP contribution in [-0.4, -0.2) is 12.2 Å². The summed E-state index contributed by atoms with van der Waals surface area (Å²) in [5.41, 5.74) is 0.644. The summed E-state index contributed by atoms with van der Waals surface area (Å²) in [6.45, 7) is 0. The fraction of sp³-hybridized carbons (Fsp3) is 0.167. The Balaban J connectivity index is 2.36. The van der Waals surface area contributed by atoms with Gasteiger partial charge in [-0.3, -0.25) is 0 Å². The molecule has 6 heteroatoms. The Labute approximate surface area is 126 Å². The van der Waals surface area contributed by atoms with E-state index in [9.17, 15) is 5.11 Å². The predicted molar refractivity (Wildman–Crippen MR) is 76.2 cm³/mol. The van der Waals surface area contributed by atoms with Crippen LogP contribution in [0.1, 0.15) is 17.4 Å². The standard InChI is InChI=1S/C12H9Br2ClO3/c1-17-9-4-6(2-3-8(9)15)11(16)10-5-7(13)12(14)18-10/h2-5,11,16H,1H3. The first kappa shape index (κ1) is 13.9. The maximum absolute atomic E-state index is 10.2. The Kier molecular flexibility index (Phi) is 4.37. The van der Waals surface area contributed by atoms with Crippen LogP contribution in [0.3, 0.4) is 0 Å². The van der Waals surface area contributed by atoms with Crippen LogP contribution in [0.4, 0.5) is 0 Å². The summed E-state index contributed by atoms with van der Waals surface area (Å²) in [6.07, 6.45) is -0.876. The highest BCUT2D eigenvalue weighted by Crippen LogP contribution is 2.34. The van der Waals surface area contributed by atoms with Crippen LogP contribution in [0.5, 0.6) is 5.75 Å². The van der Waals surface area contributed by atoms with Gasteiger partial charge in [0.25, 0.3) is 0 Å². The van der Waals surface area contributed by atoms with Gasteiger partial charge in [0.05, 0.1) is 16.6 Å². The molecule has 0 spiro atoms. The highest BCUT2D eigenvalue weighted by Gasteiger charge is 2.18. The van der Waals surface area contributed by atoms with Crippen molar-refractivity contribution in [3.63, 3.8) is 0 Å². The molecule has 0 amide bonds. The number of aliphatic hydroxyl groups excluding tert-OH is 1. The fourth-order valence-corrected chi connectivity index (χ4v) is 2.31. The summed E-state index contributed by atoms with van der Waals surface area (Å²) in [7, 11) is 1.53. The molecule has 96 valence electrons. The zero-order valence-corrected chi connectivity index (χ0v) is 13.2. The van der Waals surface area contributed by atoms with E-state index in [0.717, 1.165) is 4.47 Å². The van der Waals surface area contributed by atoms with Gasteiger partial charge < -0.3 is 14.3 Å². The van der Waals surface area contributed by atoms with Gasteiger partial charge in [-0.25, -0.2) is 0 Å². The maximum atomic E-state index is 10.2. The lowest BCUT2D eigenvalue weighted by Crippen LogP contribution is -1.98. The molecule has 0 radical (unpaired) electrons. The topological polar surface area (TPSA) is 42.6 Å².